The fraction of sp³-hybridized carbons (Fsp3) is 0.933. The number of hydrogen-bond donors (Lipinski definition) is 1. The van der Waals surface area contributed by atoms with Crippen molar-refractivity contribution in [1.82, 2.24) is 0 Å². The van der Waals surface area contributed by atoms with E-state index in [9.17, 15) is 5.11 Å². The first-order valence-corrected chi connectivity index (χ1v) is 13.7. The summed E-state index contributed by atoms with van der Waals surface area (Å²) in [6.07, 6.45) is 14.6. The van der Waals surface area contributed by atoms with Crippen molar-refractivity contribution in [3.63, 3.8) is 0 Å². The van der Waals surface area contributed by atoms with E-state index < -0.39 is 0 Å². The Kier molecular flexibility index (Phi) is 4.82. The fourth-order valence-electron chi connectivity index (χ4n) is 11.2. The van der Waals surface area contributed by atoms with E-state index in [1.54, 1.807) is 0 Å². The second-order valence-electron chi connectivity index (χ2n) is 14.6. The topological polar surface area (TPSA) is 20.2 Å². The van der Waals surface area contributed by atoms with Crippen LogP contribution >= 0.6 is 0 Å². The lowest BCUT2D eigenvalue weighted by molar-refractivity contribution is -0.169. The van der Waals surface area contributed by atoms with Crippen LogP contribution in [0.2, 0.25) is 0 Å². The molecule has 0 aliphatic heterocycles. The predicted molar refractivity (Wildman–Crippen MR) is 131 cm³/mol. The number of fused-ring (bicyclic) bond motifs is 7. The van der Waals surface area contributed by atoms with Gasteiger partial charge in [0.2, 0.25) is 0 Å². The number of aliphatic hydroxyl groups is 1. The van der Waals surface area contributed by atoms with Gasteiger partial charge >= 0.3 is 0 Å². The molecule has 9 unspecified atom stereocenters. The van der Waals surface area contributed by atoms with Gasteiger partial charge < -0.3 is 5.11 Å². The van der Waals surface area contributed by atoms with Crippen LogP contribution in [0.4, 0.5) is 0 Å². The van der Waals surface area contributed by atoms with Gasteiger partial charge in [-0.1, -0.05) is 67.0 Å². The molecule has 0 saturated heterocycles. The average molecular weight is 427 g/mol. The first-order valence-electron chi connectivity index (χ1n) is 13.7. The van der Waals surface area contributed by atoms with Crippen molar-refractivity contribution in [2.24, 2.45) is 56.7 Å². The van der Waals surface area contributed by atoms with Crippen molar-refractivity contribution in [1.29, 1.82) is 0 Å². The van der Waals surface area contributed by atoms with Crippen LogP contribution in [0.3, 0.4) is 0 Å². The van der Waals surface area contributed by atoms with Gasteiger partial charge in [-0.2, -0.15) is 0 Å². The summed E-state index contributed by atoms with van der Waals surface area (Å²) in [7, 11) is 0. The fourth-order valence-corrected chi connectivity index (χ4v) is 11.2. The number of rotatable bonds is 1. The molecule has 1 N–H and O–H groups in total. The Hall–Kier alpha value is -0.300. The highest BCUT2D eigenvalue weighted by atomic mass is 16.3. The van der Waals surface area contributed by atoms with Gasteiger partial charge in [-0.05, 0) is 114 Å². The summed E-state index contributed by atoms with van der Waals surface area (Å²) in [5.41, 5.74) is 3.66. The minimum atomic E-state index is -0.134. The summed E-state index contributed by atoms with van der Waals surface area (Å²) in [6, 6.07) is 0. The quantitative estimate of drug-likeness (QED) is 0.421. The van der Waals surface area contributed by atoms with Gasteiger partial charge in [-0.3, -0.25) is 0 Å². The van der Waals surface area contributed by atoms with Crippen LogP contribution in [-0.2, 0) is 0 Å². The molecular formula is C30H50O. The Morgan fingerprint density at radius 3 is 2.29 bits per heavy atom. The molecule has 1 heteroatoms. The van der Waals surface area contributed by atoms with Gasteiger partial charge in [-0.15, -0.1) is 0 Å². The van der Waals surface area contributed by atoms with Gasteiger partial charge in [0.25, 0.3) is 0 Å². The number of hydrogen-bond acceptors (Lipinski definition) is 1. The van der Waals surface area contributed by atoms with Gasteiger partial charge in [0.05, 0.1) is 6.10 Å². The van der Waals surface area contributed by atoms with Gasteiger partial charge in [-0.25, -0.2) is 0 Å². The molecule has 0 heterocycles. The van der Waals surface area contributed by atoms with E-state index in [-0.39, 0.29) is 11.5 Å². The molecule has 0 aromatic heterocycles. The molecule has 0 aromatic carbocycles. The van der Waals surface area contributed by atoms with Crippen LogP contribution in [0, 0.1) is 56.7 Å². The lowest BCUT2D eigenvalue weighted by Gasteiger charge is -2.70. The summed E-state index contributed by atoms with van der Waals surface area (Å²) >= 11 is 0. The maximum absolute atomic E-state index is 10.9. The minimum absolute atomic E-state index is 0.0377. The molecule has 31 heavy (non-hydrogen) atoms. The minimum Gasteiger partial charge on any atom is -0.393 e. The molecule has 0 radical (unpaired) electrons. The molecule has 5 aliphatic carbocycles. The molecule has 5 rings (SSSR count). The van der Waals surface area contributed by atoms with E-state index in [2.05, 4.69) is 61.5 Å². The molecule has 5 aliphatic rings. The van der Waals surface area contributed by atoms with Crippen LogP contribution in [0.25, 0.3) is 0 Å². The Labute approximate surface area is 192 Å². The van der Waals surface area contributed by atoms with E-state index in [1.165, 1.54) is 51.4 Å². The van der Waals surface area contributed by atoms with Crippen molar-refractivity contribution in [3.8, 4) is 0 Å². The Bertz CT molecular complexity index is 777. The second-order valence-corrected chi connectivity index (χ2v) is 14.6. The van der Waals surface area contributed by atoms with Gasteiger partial charge in [0.1, 0.15) is 0 Å². The SMILES string of the molecule is CC1CCC2(C(C)C)CCC3(C)C4=CCC5C(C)(C)C(O)CCC5(C)C4CCC3(C)C12. The standard InChI is InChI=1S/C30H50O/c1-19(2)30-16-11-20(3)25(30)29(8)15-12-21-22(28(29,7)17-18-30)9-10-23-26(4,5)24(31)13-14-27(21,23)6/h9,19-21,23-25,31H,10-18H2,1-8H3. The summed E-state index contributed by atoms with van der Waals surface area (Å²) in [5.74, 6) is 3.92. The van der Waals surface area contributed by atoms with Gasteiger partial charge in [0.15, 0.2) is 0 Å². The van der Waals surface area contributed by atoms with Crippen LogP contribution in [0.1, 0.15) is 113 Å². The molecule has 9 atom stereocenters. The highest BCUT2D eigenvalue weighted by Crippen LogP contribution is 2.77. The predicted octanol–water partition coefficient (Wildman–Crippen LogP) is 8.02. The molecule has 176 valence electrons. The average Bonchev–Trinajstić information content (AvgIpc) is 3.05. The number of allylic oxidation sites excluding steroid dienone is 2. The third-order valence-corrected chi connectivity index (χ3v) is 13.3. The molecule has 0 aromatic rings. The molecule has 0 amide bonds. The normalized spacial score (nSPS) is 55.7. The van der Waals surface area contributed by atoms with E-state index in [1.807, 2.05) is 5.57 Å². The van der Waals surface area contributed by atoms with Crippen molar-refractivity contribution < 1.29 is 5.11 Å². The maximum Gasteiger partial charge on any atom is 0.0594 e. The summed E-state index contributed by atoms with van der Waals surface area (Å²) < 4.78 is 0. The van der Waals surface area contributed by atoms with Crippen molar-refractivity contribution in [2.45, 2.75) is 119 Å². The zero-order valence-electron chi connectivity index (χ0n) is 21.9. The lowest BCUT2D eigenvalue weighted by atomic mass is 9.35. The second kappa shape index (κ2) is 6.64. The van der Waals surface area contributed by atoms with Crippen LogP contribution in [-0.4, -0.2) is 11.2 Å². The lowest BCUT2D eigenvalue weighted by Crippen LogP contribution is -2.62. The smallest absolute Gasteiger partial charge is 0.0594 e. The first-order chi connectivity index (χ1) is 14.3. The highest BCUT2D eigenvalue weighted by Gasteiger charge is 2.69. The largest absolute Gasteiger partial charge is 0.393 e. The van der Waals surface area contributed by atoms with Crippen LogP contribution in [0.15, 0.2) is 11.6 Å². The van der Waals surface area contributed by atoms with E-state index in [0.29, 0.717) is 27.6 Å². The third-order valence-electron chi connectivity index (χ3n) is 13.3. The van der Waals surface area contributed by atoms with Crippen LogP contribution < -0.4 is 0 Å². The zero-order valence-corrected chi connectivity index (χ0v) is 21.9. The van der Waals surface area contributed by atoms with E-state index >= 15 is 0 Å². The third kappa shape index (κ3) is 2.54. The van der Waals surface area contributed by atoms with Crippen LogP contribution in [0.5, 0.6) is 0 Å². The first kappa shape index (κ1) is 22.5. The van der Waals surface area contributed by atoms with E-state index in [4.69, 9.17) is 0 Å². The molecule has 1 nitrogen and oxygen atoms in total. The molecule has 0 spiro atoms. The maximum atomic E-state index is 10.9. The Morgan fingerprint density at radius 1 is 0.903 bits per heavy atom. The molecule has 4 saturated carbocycles. The summed E-state index contributed by atoms with van der Waals surface area (Å²) in [5, 5.41) is 10.9. The summed E-state index contributed by atoms with van der Waals surface area (Å²) in [6.45, 7) is 20.4. The molecule has 4 fully saturated rings. The Balaban J connectivity index is 1.59. The highest BCUT2D eigenvalue weighted by molar-refractivity contribution is 5.34. The summed E-state index contributed by atoms with van der Waals surface area (Å²) in [4.78, 5) is 0. The number of aliphatic hydroxyl groups excluding tert-OH is 1. The van der Waals surface area contributed by atoms with Crippen molar-refractivity contribution in [3.05, 3.63) is 11.6 Å². The molecular weight excluding hydrogens is 376 g/mol. The Morgan fingerprint density at radius 2 is 1.61 bits per heavy atom. The monoisotopic (exact) mass is 426 g/mol. The zero-order chi connectivity index (χ0) is 22.6. The van der Waals surface area contributed by atoms with E-state index in [0.717, 1.165) is 30.1 Å². The molecule has 0 bridgehead atoms. The van der Waals surface area contributed by atoms with Crippen molar-refractivity contribution in [2.75, 3.05) is 0 Å². The van der Waals surface area contributed by atoms with Gasteiger partial charge in [0, 0.05) is 0 Å². The van der Waals surface area contributed by atoms with Crippen molar-refractivity contribution >= 4 is 0 Å².